The number of aromatic nitrogens is 2. The van der Waals surface area contributed by atoms with Crippen LogP contribution in [0.4, 0.5) is 0 Å². The van der Waals surface area contributed by atoms with Gasteiger partial charge in [-0.05, 0) is 31.0 Å². The van der Waals surface area contributed by atoms with Gasteiger partial charge in [-0.25, -0.2) is 0 Å². The van der Waals surface area contributed by atoms with Crippen LogP contribution in [0.3, 0.4) is 0 Å². The molecule has 6 heteroatoms. The smallest absolute Gasteiger partial charge is 0.264 e. The maximum atomic E-state index is 9.57. The van der Waals surface area contributed by atoms with Crippen molar-refractivity contribution < 1.29 is 19.1 Å². The summed E-state index contributed by atoms with van der Waals surface area (Å²) in [5.41, 5.74) is 0.766. The van der Waals surface area contributed by atoms with Crippen LogP contribution in [-0.4, -0.2) is 22.4 Å². The molecule has 0 saturated carbocycles. The minimum absolute atomic E-state index is 0.182. The third-order valence-corrected chi connectivity index (χ3v) is 3.00. The highest BCUT2D eigenvalue weighted by atomic mass is 16.5. The van der Waals surface area contributed by atoms with Crippen molar-refractivity contribution in [3.05, 3.63) is 35.5 Å². The van der Waals surface area contributed by atoms with Crippen molar-refractivity contribution in [2.75, 3.05) is 7.11 Å². The van der Waals surface area contributed by atoms with E-state index >= 15 is 0 Å². The van der Waals surface area contributed by atoms with Gasteiger partial charge in [0.2, 0.25) is 0 Å². The van der Waals surface area contributed by atoms with E-state index in [1.165, 1.54) is 0 Å². The lowest BCUT2D eigenvalue weighted by atomic mass is 10.1. The first-order valence-electron chi connectivity index (χ1n) is 6.94. The molecule has 0 fully saturated rings. The Morgan fingerprint density at radius 1 is 1.33 bits per heavy atom. The minimum atomic E-state index is -0.555. The summed E-state index contributed by atoms with van der Waals surface area (Å²) in [4.78, 5) is 4.23. The summed E-state index contributed by atoms with van der Waals surface area (Å²) in [6.45, 7) is 3.94. The molecule has 0 unspecified atom stereocenters. The van der Waals surface area contributed by atoms with E-state index in [2.05, 4.69) is 17.1 Å². The van der Waals surface area contributed by atoms with Gasteiger partial charge in [0.25, 0.3) is 5.89 Å². The third kappa shape index (κ3) is 3.95. The summed E-state index contributed by atoms with van der Waals surface area (Å²) in [6.07, 6.45) is 1.20. The number of hydrogen-bond donors (Lipinski definition) is 1. The fraction of sp³-hybridized carbons (Fsp3) is 0.467. The van der Waals surface area contributed by atoms with Crippen LogP contribution in [0.15, 0.2) is 22.7 Å². The van der Waals surface area contributed by atoms with Gasteiger partial charge in [0.15, 0.2) is 23.9 Å². The molecule has 0 bridgehead atoms. The molecule has 0 amide bonds. The highest BCUT2D eigenvalue weighted by Gasteiger charge is 2.11. The Bertz CT molecular complexity index is 581. The van der Waals surface area contributed by atoms with Gasteiger partial charge in [-0.1, -0.05) is 18.1 Å². The normalized spacial score (nSPS) is 12.2. The molecule has 6 nitrogen and oxygen atoms in total. The van der Waals surface area contributed by atoms with Crippen LogP contribution >= 0.6 is 0 Å². The standard InChI is InChI=1S/C15H20N2O4/c1-4-5-14-16-15(21-17-14)9-20-12-7-6-11(10(2)18)8-13(12)19-3/h6-8,10,18H,4-5,9H2,1-3H3/t10-/m1/s1. The summed E-state index contributed by atoms with van der Waals surface area (Å²) in [5, 5.41) is 13.4. The monoisotopic (exact) mass is 292 g/mol. The molecule has 1 heterocycles. The molecule has 0 aliphatic heterocycles. The first-order chi connectivity index (χ1) is 10.1. The molecule has 2 aromatic rings. The first kappa shape index (κ1) is 15.3. The molecule has 114 valence electrons. The van der Waals surface area contributed by atoms with Crippen molar-refractivity contribution in [3.8, 4) is 11.5 Å². The van der Waals surface area contributed by atoms with Crippen LogP contribution in [-0.2, 0) is 13.0 Å². The summed E-state index contributed by atoms with van der Waals surface area (Å²) in [7, 11) is 1.56. The molecule has 1 atom stereocenters. The number of ether oxygens (including phenoxy) is 2. The predicted molar refractivity (Wildman–Crippen MR) is 76.3 cm³/mol. The number of aliphatic hydroxyl groups is 1. The van der Waals surface area contributed by atoms with Gasteiger partial charge < -0.3 is 19.1 Å². The number of rotatable bonds is 7. The Hall–Kier alpha value is -2.08. The highest BCUT2D eigenvalue weighted by Crippen LogP contribution is 2.30. The molecule has 21 heavy (non-hydrogen) atoms. The van der Waals surface area contributed by atoms with Gasteiger partial charge >= 0.3 is 0 Å². The summed E-state index contributed by atoms with van der Waals surface area (Å²) in [5.74, 6) is 2.24. The molecular weight excluding hydrogens is 272 g/mol. The van der Waals surface area contributed by atoms with Crippen molar-refractivity contribution in [3.63, 3.8) is 0 Å². The van der Waals surface area contributed by atoms with Gasteiger partial charge in [-0.2, -0.15) is 4.98 Å². The minimum Gasteiger partial charge on any atom is -0.493 e. The zero-order valence-electron chi connectivity index (χ0n) is 12.5. The van der Waals surface area contributed by atoms with E-state index < -0.39 is 6.10 Å². The van der Waals surface area contributed by atoms with Crippen LogP contribution in [0.25, 0.3) is 0 Å². The molecular formula is C15H20N2O4. The van der Waals surface area contributed by atoms with E-state index in [0.717, 1.165) is 18.4 Å². The quantitative estimate of drug-likeness (QED) is 0.845. The molecule has 1 aromatic heterocycles. The van der Waals surface area contributed by atoms with Gasteiger partial charge in [-0.3, -0.25) is 0 Å². The molecule has 0 aliphatic rings. The van der Waals surface area contributed by atoms with Gasteiger partial charge in [0.1, 0.15) is 0 Å². The van der Waals surface area contributed by atoms with Crippen LogP contribution in [0.2, 0.25) is 0 Å². The number of benzene rings is 1. The lowest BCUT2D eigenvalue weighted by Crippen LogP contribution is -2.00. The first-order valence-corrected chi connectivity index (χ1v) is 6.94. The van der Waals surface area contributed by atoms with E-state index in [9.17, 15) is 5.11 Å². The molecule has 0 spiro atoms. The average Bonchev–Trinajstić information content (AvgIpc) is 2.93. The molecule has 1 N–H and O–H groups in total. The van der Waals surface area contributed by atoms with Crippen molar-refractivity contribution in [2.45, 2.75) is 39.4 Å². The van der Waals surface area contributed by atoms with Crippen molar-refractivity contribution in [1.29, 1.82) is 0 Å². The average molecular weight is 292 g/mol. The van der Waals surface area contributed by atoms with E-state index in [4.69, 9.17) is 14.0 Å². The van der Waals surface area contributed by atoms with E-state index in [1.807, 2.05) is 0 Å². The molecule has 1 aromatic carbocycles. The lowest BCUT2D eigenvalue weighted by Gasteiger charge is -2.12. The van der Waals surface area contributed by atoms with E-state index in [-0.39, 0.29) is 6.61 Å². The fourth-order valence-corrected chi connectivity index (χ4v) is 1.88. The van der Waals surface area contributed by atoms with E-state index in [1.54, 1.807) is 32.2 Å². The second-order valence-electron chi connectivity index (χ2n) is 4.73. The maximum Gasteiger partial charge on any atom is 0.264 e. The van der Waals surface area contributed by atoms with E-state index in [0.29, 0.717) is 23.2 Å². The number of hydrogen-bond acceptors (Lipinski definition) is 6. The summed E-state index contributed by atoms with van der Waals surface area (Å²) >= 11 is 0. The molecule has 2 rings (SSSR count). The molecule has 0 aliphatic carbocycles. The molecule has 0 saturated heterocycles. The van der Waals surface area contributed by atoms with Crippen molar-refractivity contribution in [1.82, 2.24) is 10.1 Å². The maximum absolute atomic E-state index is 9.57. The zero-order valence-corrected chi connectivity index (χ0v) is 12.5. The zero-order chi connectivity index (χ0) is 15.2. The third-order valence-electron chi connectivity index (χ3n) is 3.00. The predicted octanol–water partition coefficient (Wildman–Crippen LogP) is 2.66. The topological polar surface area (TPSA) is 77.6 Å². The van der Waals surface area contributed by atoms with Gasteiger partial charge in [0, 0.05) is 6.42 Å². The SMILES string of the molecule is CCCc1noc(COc2ccc([C@@H](C)O)cc2OC)n1. The van der Waals surface area contributed by atoms with Gasteiger partial charge in [0.05, 0.1) is 13.2 Å². The highest BCUT2D eigenvalue weighted by molar-refractivity contribution is 5.43. The second-order valence-corrected chi connectivity index (χ2v) is 4.73. The fourth-order valence-electron chi connectivity index (χ4n) is 1.88. The Labute approximate surface area is 123 Å². The van der Waals surface area contributed by atoms with Crippen LogP contribution in [0, 0.1) is 0 Å². The number of nitrogens with zero attached hydrogens (tertiary/aromatic N) is 2. The van der Waals surface area contributed by atoms with Crippen LogP contribution < -0.4 is 9.47 Å². The van der Waals surface area contributed by atoms with Crippen LogP contribution in [0.5, 0.6) is 11.5 Å². The Kier molecular flexibility index (Phi) is 5.16. The van der Waals surface area contributed by atoms with Crippen LogP contribution in [0.1, 0.15) is 43.7 Å². The number of methoxy groups -OCH3 is 1. The second kappa shape index (κ2) is 7.08. The molecule has 0 radical (unpaired) electrons. The Morgan fingerprint density at radius 2 is 2.14 bits per heavy atom. The summed E-state index contributed by atoms with van der Waals surface area (Å²) in [6, 6.07) is 5.29. The van der Waals surface area contributed by atoms with Crippen molar-refractivity contribution >= 4 is 0 Å². The summed E-state index contributed by atoms with van der Waals surface area (Å²) < 4.78 is 16.0. The number of aliphatic hydroxyl groups excluding tert-OH is 1. The van der Waals surface area contributed by atoms with Crippen molar-refractivity contribution in [2.24, 2.45) is 0 Å². The number of aryl methyl sites for hydroxylation is 1. The Balaban J connectivity index is 2.04. The Morgan fingerprint density at radius 3 is 2.81 bits per heavy atom. The lowest BCUT2D eigenvalue weighted by molar-refractivity contribution is 0.198. The van der Waals surface area contributed by atoms with Gasteiger partial charge in [-0.15, -0.1) is 0 Å². The largest absolute Gasteiger partial charge is 0.493 e.